The van der Waals surface area contributed by atoms with Crippen LogP contribution in [0.2, 0.25) is 0 Å². The summed E-state index contributed by atoms with van der Waals surface area (Å²) in [6.07, 6.45) is -4.96. The molecule has 1 aromatic carbocycles. The molecule has 1 nitrogen and oxygen atoms in total. The molecular weight excluding hydrogens is 181 g/mol. The van der Waals surface area contributed by atoms with Gasteiger partial charge in [-0.25, -0.2) is 0 Å². The number of hydrogen-bond donors (Lipinski definition) is 1. The first-order valence-electron chi connectivity index (χ1n) is 3.87. The Balaban J connectivity index is 2.54. The van der Waals surface area contributed by atoms with E-state index in [1.165, 1.54) is 6.07 Å². The maximum absolute atomic E-state index is 12.3. The Labute approximate surface area is 72.8 Å². The SMILES string of the molecule is OC1Cc2cccc(C(F)(F)F)c21. The van der Waals surface area contributed by atoms with Gasteiger partial charge >= 0.3 is 6.18 Å². The molecule has 0 amide bonds. The number of rotatable bonds is 0. The van der Waals surface area contributed by atoms with Gasteiger partial charge in [-0.2, -0.15) is 13.2 Å². The molecule has 0 fully saturated rings. The summed E-state index contributed by atoms with van der Waals surface area (Å²) in [5.41, 5.74) is -0.0546. The Morgan fingerprint density at radius 1 is 1.31 bits per heavy atom. The predicted octanol–water partition coefficient (Wildman–Crippen LogP) is 2.29. The van der Waals surface area contributed by atoms with Crippen molar-refractivity contribution in [3.05, 3.63) is 34.9 Å². The van der Waals surface area contributed by atoms with Crippen LogP contribution < -0.4 is 0 Å². The Morgan fingerprint density at radius 3 is 2.46 bits per heavy atom. The minimum absolute atomic E-state index is 0.0509. The summed E-state index contributed by atoms with van der Waals surface area (Å²) < 4.78 is 37.0. The van der Waals surface area contributed by atoms with Crippen molar-refractivity contribution in [1.29, 1.82) is 0 Å². The van der Waals surface area contributed by atoms with Crippen LogP contribution in [-0.2, 0) is 12.6 Å². The summed E-state index contributed by atoms with van der Waals surface area (Å²) in [6.45, 7) is 0. The van der Waals surface area contributed by atoms with Gasteiger partial charge in [-0.15, -0.1) is 0 Å². The van der Waals surface area contributed by atoms with E-state index in [2.05, 4.69) is 0 Å². The Bertz CT molecular complexity index is 343. The number of halogens is 3. The summed E-state index contributed by atoms with van der Waals surface area (Å²) in [5, 5.41) is 9.14. The van der Waals surface area contributed by atoms with Crippen molar-refractivity contribution < 1.29 is 18.3 Å². The summed E-state index contributed by atoms with van der Waals surface area (Å²) in [5.74, 6) is 0. The molecular formula is C9H7F3O. The molecule has 1 aliphatic rings. The monoisotopic (exact) mass is 188 g/mol. The Morgan fingerprint density at radius 2 is 2.00 bits per heavy atom. The zero-order valence-corrected chi connectivity index (χ0v) is 6.60. The lowest BCUT2D eigenvalue weighted by Crippen LogP contribution is -2.22. The van der Waals surface area contributed by atoms with Crippen molar-refractivity contribution in [2.24, 2.45) is 0 Å². The fourth-order valence-electron chi connectivity index (χ4n) is 1.61. The minimum atomic E-state index is -4.35. The number of fused-ring (bicyclic) bond motifs is 1. The highest BCUT2D eigenvalue weighted by Gasteiger charge is 2.39. The van der Waals surface area contributed by atoms with Gasteiger partial charge in [0.1, 0.15) is 0 Å². The molecule has 13 heavy (non-hydrogen) atoms. The van der Waals surface area contributed by atoms with Crippen molar-refractivity contribution in [3.8, 4) is 0 Å². The van der Waals surface area contributed by atoms with Gasteiger partial charge in [-0.1, -0.05) is 12.1 Å². The van der Waals surface area contributed by atoms with Crippen LogP contribution in [0.4, 0.5) is 13.2 Å². The molecule has 1 unspecified atom stereocenters. The van der Waals surface area contributed by atoms with Crippen LogP contribution in [0.15, 0.2) is 18.2 Å². The van der Waals surface area contributed by atoms with Crippen molar-refractivity contribution in [3.63, 3.8) is 0 Å². The van der Waals surface area contributed by atoms with Crippen LogP contribution in [0, 0.1) is 0 Å². The lowest BCUT2D eigenvalue weighted by molar-refractivity contribution is -0.139. The maximum Gasteiger partial charge on any atom is 0.416 e. The minimum Gasteiger partial charge on any atom is -0.388 e. The summed E-state index contributed by atoms with van der Waals surface area (Å²) >= 11 is 0. The van der Waals surface area contributed by atoms with E-state index < -0.39 is 17.8 Å². The molecule has 1 aliphatic carbocycles. The van der Waals surface area contributed by atoms with Crippen molar-refractivity contribution in [1.82, 2.24) is 0 Å². The fraction of sp³-hybridized carbons (Fsp3) is 0.333. The summed E-state index contributed by atoms with van der Waals surface area (Å²) in [4.78, 5) is 0. The molecule has 0 radical (unpaired) electrons. The largest absolute Gasteiger partial charge is 0.416 e. The average molecular weight is 188 g/mol. The van der Waals surface area contributed by atoms with Gasteiger partial charge in [-0.05, 0) is 17.2 Å². The van der Waals surface area contributed by atoms with Crippen molar-refractivity contribution in [2.45, 2.75) is 18.7 Å². The second-order valence-electron chi connectivity index (χ2n) is 3.10. The van der Waals surface area contributed by atoms with Crippen LogP contribution in [0.25, 0.3) is 0 Å². The molecule has 0 aromatic heterocycles. The molecule has 2 rings (SSSR count). The molecule has 0 aliphatic heterocycles. The van der Waals surface area contributed by atoms with Crippen LogP contribution in [0.5, 0.6) is 0 Å². The van der Waals surface area contributed by atoms with E-state index in [1.807, 2.05) is 0 Å². The zero-order chi connectivity index (χ0) is 9.64. The molecule has 1 N–H and O–H groups in total. The lowest BCUT2D eigenvalue weighted by Gasteiger charge is -2.29. The number of hydrogen-bond acceptors (Lipinski definition) is 1. The van der Waals surface area contributed by atoms with Crippen LogP contribution in [0.1, 0.15) is 22.8 Å². The Kier molecular flexibility index (Phi) is 1.63. The van der Waals surface area contributed by atoms with Crippen molar-refractivity contribution >= 4 is 0 Å². The first-order chi connectivity index (χ1) is 6.00. The zero-order valence-electron chi connectivity index (χ0n) is 6.60. The van der Waals surface area contributed by atoms with E-state index in [0.717, 1.165) is 6.07 Å². The predicted molar refractivity (Wildman–Crippen MR) is 40.1 cm³/mol. The smallest absolute Gasteiger partial charge is 0.388 e. The van der Waals surface area contributed by atoms with E-state index in [1.54, 1.807) is 6.07 Å². The maximum atomic E-state index is 12.3. The quantitative estimate of drug-likeness (QED) is 0.662. The molecule has 1 atom stereocenters. The van der Waals surface area contributed by atoms with Crippen molar-refractivity contribution in [2.75, 3.05) is 0 Å². The van der Waals surface area contributed by atoms with Gasteiger partial charge in [0, 0.05) is 6.42 Å². The number of aliphatic hydroxyl groups is 1. The number of aliphatic hydroxyl groups excluding tert-OH is 1. The second kappa shape index (κ2) is 2.48. The number of alkyl halides is 3. The Hall–Kier alpha value is -1.03. The molecule has 0 spiro atoms. The molecule has 0 saturated heterocycles. The third-order valence-electron chi connectivity index (χ3n) is 2.25. The molecule has 70 valence electrons. The van der Waals surface area contributed by atoms with Gasteiger partial charge in [0.2, 0.25) is 0 Å². The van der Waals surface area contributed by atoms with E-state index in [-0.39, 0.29) is 5.56 Å². The third kappa shape index (κ3) is 1.21. The van der Waals surface area contributed by atoms with Gasteiger partial charge in [-0.3, -0.25) is 0 Å². The van der Waals surface area contributed by atoms with Crippen LogP contribution in [-0.4, -0.2) is 5.11 Å². The third-order valence-corrected chi connectivity index (χ3v) is 2.25. The van der Waals surface area contributed by atoms with Crippen LogP contribution >= 0.6 is 0 Å². The number of benzene rings is 1. The highest BCUT2D eigenvalue weighted by atomic mass is 19.4. The van der Waals surface area contributed by atoms with Gasteiger partial charge in [0.15, 0.2) is 0 Å². The molecule has 0 heterocycles. The fourth-order valence-corrected chi connectivity index (χ4v) is 1.61. The van der Waals surface area contributed by atoms with Gasteiger partial charge < -0.3 is 5.11 Å². The summed E-state index contributed by atoms with van der Waals surface area (Å²) in [7, 11) is 0. The molecule has 4 heteroatoms. The van der Waals surface area contributed by atoms with E-state index in [9.17, 15) is 13.2 Å². The normalized spacial score (nSPS) is 20.8. The average Bonchev–Trinajstić information content (AvgIpc) is 2.00. The first-order valence-corrected chi connectivity index (χ1v) is 3.87. The highest BCUT2D eigenvalue weighted by Crippen LogP contribution is 2.42. The standard InChI is InChI=1S/C9H7F3O/c10-9(11,12)6-3-1-2-5-4-7(13)8(5)6/h1-3,7,13H,4H2. The first kappa shape index (κ1) is 8.56. The highest BCUT2D eigenvalue weighted by molar-refractivity contribution is 5.45. The summed E-state index contributed by atoms with van der Waals surface area (Å²) in [6, 6.07) is 3.98. The van der Waals surface area contributed by atoms with E-state index in [4.69, 9.17) is 5.11 Å². The topological polar surface area (TPSA) is 20.2 Å². The van der Waals surface area contributed by atoms with E-state index >= 15 is 0 Å². The van der Waals surface area contributed by atoms with Gasteiger partial charge in [0.05, 0.1) is 11.7 Å². The lowest BCUT2D eigenvalue weighted by atomic mass is 9.82. The second-order valence-corrected chi connectivity index (χ2v) is 3.10. The van der Waals surface area contributed by atoms with Gasteiger partial charge in [0.25, 0.3) is 0 Å². The van der Waals surface area contributed by atoms with Crippen LogP contribution in [0.3, 0.4) is 0 Å². The molecule has 1 aromatic rings. The molecule has 0 saturated carbocycles. The molecule has 0 bridgehead atoms. The van der Waals surface area contributed by atoms with E-state index in [0.29, 0.717) is 12.0 Å².